The van der Waals surface area contributed by atoms with Crippen molar-refractivity contribution in [1.29, 1.82) is 0 Å². The molecule has 0 bridgehead atoms. The maximum absolute atomic E-state index is 5.43. The van der Waals surface area contributed by atoms with E-state index in [0.717, 1.165) is 32.6 Å². The molecule has 17 heavy (non-hydrogen) atoms. The summed E-state index contributed by atoms with van der Waals surface area (Å²) in [6, 6.07) is 4.52. The fourth-order valence-corrected chi connectivity index (χ4v) is 2.78. The van der Waals surface area contributed by atoms with E-state index in [1.165, 1.54) is 20.4 Å². The van der Waals surface area contributed by atoms with Crippen LogP contribution in [0, 0.1) is 22.8 Å². The molecule has 0 unspecified atom stereocenters. The lowest BCUT2D eigenvalue weighted by molar-refractivity contribution is 0.589. The summed E-state index contributed by atoms with van der Waals surface area (Å²) in [7, 11) is 0. The zero-order chi connectivity index (χ0) is 12.3. The fraction of sp³-hybridized carbons (Fsp3) is 0.429. The molecule has 2 rings (SSSR count). The van der Waals surface area contributed by atoms with Crippen LogP contribution in [0.15, 0.2) is 12.1 Å². The van der Waals surface area contributed by atoms with E-state index in [4.69, 9.17) is 6.42 Å². The van der Waals surface area contributed by atoms with Gasteiger partial charge in [0.1, 0.15) is 0 Å². The van der Waals surface area contributed by atoms with Crippen LogP contribution < -0.4 is 10.2 Å². The Balaban J connectivity index is 2.31. The summed E-state index contributed by atoms with van der Waals surface area (Å²) < 4.78 is 1.31. The van der Waals surface area contributed by atoms with Crippen molar-refractivity contribution in [3.05, 3.63) is 26.8 Å². The Bertz CT molecular complexity index is 442. The van der Waals surface area contributed by atoms with E-state index in [2.05, 4.69) is 57.8 Å². The number of rotatable bonds is 2. The number of hydrogen-bond acceptors (Lipinski definition) is 2. The standard InChI is InChI=1S/C14H17IN2/c1-3-4-12-9-13(10-14(15)11(12)2)17-7-5-16-6-8-17/h1,9-10,16H,4-8H2,2H3. The van der Waals surface area contributed by atoms with E-state index in [1.807, 2.05) is 0 Å². The highest BCUT2D eigenvalue weighted by Crippen LogP contribution is 2.25. The van der Waals surface area contributed by atoms with Crippen LogP contribution in [0.3, 0.4) is 0 Å². The first-order valence-electron chi connectivity index (χ1n) is 5.90. The third-order valence-electron chi connectivity index (χ3n) is 3.21. The van der Waals surface area contributed by atoms with Crippen LogP contribution in [0.1, 0.15) is 11.1 Å². The Hall–Kier alpha value is -0.730. The Labute approximate surface area is 117 Å². The fourth-order valence-electron chi connectivity index (χ4n) is 2.12. The molecule has 1 fully saturated rings. The van der Waals surface area contributed by atoms with E-state index in [9.17, 15) is 0 Å². The molecule has 3 heteroatoms. The summed E-state index contributed by atoms with van der Waals surface area (Å²) in [6.45, 7) is 6.43. The third kappa shape index (κ3) is 2.93. The van der Waals surface area contributed by atoms with Gasteiger partial charge in [-0.2, -0.15) is 0 Å². The number of terminal acetylenes is 1. The van der Waals surface area contributed by atoms with Gasteiger partial charge in [0.2, 0.25) is 0 Å². The molecule has 0 atom stereocenters. The average molecular weight is 340 g/mol. The second-order valence-electron chi connectivity index (χ2n) is 4.33. The van der Waals surface area contributed by atoms with Crippen LogP contribution in [0.2, 0.25) is 0 Å². The number of hydrogen-bond donors (Lipinski definition) is 1. The Morgan fingerprint density at radius 2 is 2.12 bits per heavy atom. The van der Waals surface area contributed by atoms with E-state index < -0.39 is 0 Å². The summed E-state index contributed by atoms with van der Waals surface area (Å²) in [5.41, 5.74) is 3.92. The largest absolute Gasteiger partial charge is 0.369 e. The lowest BCUT2D eigenvalue weighted by Crippen LogP contribution is -2.43. The molecule has 0 saturated carbocycles. The van der Waals surface area contributed by atoms with Crippen LogP contribution in [-0.4, -0.2) is 26.2 Å². The molecule has 1 aromatic rings. The van der Waals surface area contributed by atoms with Crippen molar-refractivity contribution in [1.82, 2.24) is 5.32 Å². The first-order chi connectivity index (χ1) is 8.22. The summed E-state index contributed by atoms with van der Waals surface area (Å²) in [5, 5.41) is 3.37. The number of anilines is 1. The molecule has 0 amide bonds. The molecule has 0 aromatic heterocycles. The normalized spacial score (nSPS) is 15.7. The van der Waals surface area contributed by atoms with Crippen molar-refractivity contribution in [2.45, 2.75) is 13.3 Å². The van der Waals surface area contributed by atoms with Crippen molar-refractivity contribution in [2.75, 3.05) is 31.1 Å². The summed E-state index contributed by atoms with van der Waals surface area (Å²) >= 11 is 2.40. The van der Waals surface area contributed by atoms with Crippen LogP contribution in [0.5, 0.6) is 0 Å². The Morgan fingerprint density at radius 3 is 2.76 bits per heavy atom. The van der Waals surface area contributed by atoms with Crippen LogP contribution in [0.4, 0.5) is 5.69 Å². The van der Waals surface area contributed by atoms with Crippen LogP contribution in [-0.2, 0) is 6.42 Å². The van der Waals surface area contributed by atoms with Gasteiger partial charge < -0.3 is 10.2 Å². The zero-order valence-electron chi connectivity index (χ0n) is 10.1. The molecule has 1 aliphatic heterocycles. The molecule has 1 N–H and O–H groups in total. The van der Waals surface area contributed by atoms with Crippen LogP contribution in [0.25, 0.3) is 0 Å². The number of halogens is 1. The average Bonchev–Trinajstić information content (AvgIpc) is 2.36. The Morgan fingerprint density at radius 1 is 1.41 bits per heavy atom. The second-order valence-corrected chi connectivity index (χ2v) is 5.49. The molecule has 0 spiro atoms. The maximum atomic E-state index is 5.43. The molecular weight excluding hydrogens is 323 g/mol. The van der Waals surface area contributed by atoms with Gasteiger partial charge in [-0.3, -0.25) is 0 Å². The lowest BCUT2D eigenvalue weighted by atomic mass is 10.0. The summed E-state index contributed by atoms with van der Waals surface area (Å²) in [6.07, 6.45) is 6.16. The van der Waals surface area contributed by atoms with Gasteiger partial charge in [-0.15, -0.1) is 12.3 Å². The van der Waals surface area contributed by atoms with Gasteiger partial charge in [0.05, 0.1) is 0 Å². The molecule has 2 nitrogen and oxygen atoms in total. The monoisotopic (exact) mass is 340 g/mol. The smallest absolute Gasteiger partial charge is 0.0381 e. The van der Waals surface area contributed by atoms with Gasteiger partial charge in [0.15, 0.2) is 0 Å². The molecule has 0 aliphatic carbocycles. The highest BCUT2D eigenvalue weighted by molar-refractivity contribution is 14.1. The predicted molar refractivity (Wildman–Crippen MR) is 81.5 cm³/mol. The molecule has 1 heterocycles. The van der Waals surface area contributed by atoms with Gasteiger partial charge in [0.25, 0.3) is 0 Å². The number of benzene rings is 1. The molecule has 1 aromatic carbocycles. The van der Waals surface area contributed by atoms with E-state index in [-0.39, 0.29) is 0 Å². The number of nitrogens with zero attached hydrogens (tertiary/aromatic N) is 1. The van der Waals surface area contributed by atoms with Crippen molar-refractivity contribution >= 4 is 28.3 Å². The van der Waals surface area contributed by atoms with Crippen molar-refractivity contribution < 1.29 is 0 Å². The van der Waals surface area contributed by atoms with E-state index in [0.29, 0.717) is 0 Å². The Kier molecular flexibility index (Phi) is 4.30. The third-order valence-corrected chi connectivity index (χ3v) is 4.33. The maximum Gasteiger partial charge on any atom is 0.0381 e. The molecular formula is C14H17IN2. The highest BCUT2D eigenvalue weighted by Gasteiger charge is 2.13. The molecule has 1 aliphatic rings. The SMILES string of the molecule is C#CCc1cc(N2CCNCC2)cc(I)c1C. The minimum Gasteiger partial charge on any atom is -0.369 e. The summed E-state index contributed by atoms with van der Waals surface area (Å²) in [4.78, 5) is 2.43. The molecule has 90 valence electrons. The lowest BCUT2D eigenvalue weighted by Gasteiger charge is -2.30. The van der Waals surface area contributed by atoms with Gasteiger partial charge in [-0.05, 0) is 52.8 Å². The van der Waals surface area contributed by atoms with Crippen LogP contribution >= 0.6 is 22.6 Å². The van der Waals surface area contributed by atoms with Gasteiger partial charge >= 0.3 is 0 Å². The topological polar surface area (TPSA) is 15.3 Å². The predicted octanol–water partition coefficient (Wildman–Crippen LogP) is 2.18. The number of piperazine rings is 1. The van der Waals surface area contributed by atoms with Gasteiger partial charge in [0, 0.05) is 41.9 Å². The van der Waals surface area contributed by atoms with Crippen molar-refractivity contribution in [3.63, 3.8) is 0 Å². The van der Waals surface area contributed by atoms with Gasteiger partial charge in [-0.1, -0.05) is 0 Å². The quantitative estimate of drug-likeness (QED) is 0.656. The molecule has 0 radical (unpaired) electrons. The first kappa shape index (κ1) is 12.7. The van der Waals surface area contributed by atoms with E-state index in [1.54, 1.807) is 0 Å². The highest BCUT2D eigenvalue weighted by atomic mass is 127. The van der Waals surface area contributed by atoms with Gasteiger partial charge in [-0.25, -0.2) is 0 Å². The first-order valence-corrected chi connectivity index (χ1v) is 6.98. The van der Waals surface area contributed by atoms with Crippen molar-refractivity contribution in [3.8, 4) is 12.3 Å². The minimum absolute atomic E-state index is 0.724. The second kappa shape index (κ2) is 5.74. The summed E-state index contributed by atoms with van der Waals surface area (Å²) in [5.74, 6) is 2.75. The van der Waals surface area contributed by atoms with E-state index >= 15 is 0 Å². The number of nitrogens with one attached hydrogen (secondary N) is 1. The minimum atomic E-state index is 0.724. The van der Waals surface area contributed by atoms with Crippen molar-refractivity contribution in [2.24, 2.45) is 0 Å². The zero-order valence-corrected chi connectivity index (χ0v) is 12.3. The molecule has 1 saturated heterocycles.